The minimum absolute atomic E-state index is 0.193. The first-order chi connectivity index (χ1) is 14.4. The third-order valence-electron chi connectivity index (χ3n) is 5.01. The Hall–Kier alpha value is -3.48. The van der Waals surface area contributed by atoms with E-state index in [2.05, 4.69) is 5.32 Å². The Morgan fingerprint density at radius 3 is 2.03 bits per heavy atom. The number of amides is 3. The molecule has 156 valence electrons. The van der Waals surface area contributed by atoms with E-state index in [-0.39, 0.29) is 30.2 Å². The summed E-state index contributed by atoms with van der Waals surface area (Å²) in [6.45, 7) is 3.61. The van der Waals surface area contributed by atoms with Crippen molar-refractivity contribution < 1.29 is 23.9 Å². The van der Waals surface area contributed by atoms with Crippen LogP contribution in [0.4, 0.5) is 11.4 Å². The summed E-state index contributed by atoms with van der Waals surface area (Å²) in [6, 6.07) is 11.8. The van der Waals surface area contributed by atoms with Gasteiger partial charge in [-0.25, -0.2) is 4.79 Å². The van der Waals surface area contributed by atoms with Crippen molar-refractivity contribution in [3.05, 3.63) is 59.2 Å². The number of nitrogens with one attached hydrogen (secondary N) is 1. The molecule has 7 nitrogen and oxygen atoms in total. The molecule has 1 aliphatic heterocycles. The lowest BCUT2D eigenvalue weighted by Crippen LogP contribution is -2.28. The minimum Gasteiger partial charge on any atom is -0.452 e. The third-order valence-corrected chi connectivity index (χ3v) is 5.01. The number of hydrogen-bond donors (Lipinski definition) is 1. The van der Waals surface area contributed by atoms with Gasteiger partial charge >= 0.3 is 5.97 Å². The van der Waals surface area contributed by atoms with Crippen LogP contribution in [0.3, 0.4) is 0 Å². The van der Waals surface area contributed by atoms with Gasteiger partial charge in [-0.05, 0) is 48.2 Å². The molecule has 0 aliphatic carbocycles. The summed E-state index contributed by atoms with van der Waals surface area (Å²) in [7, 11) is 0. The lowest BCUT2D eigenvalue weighted by Gasteiger charge is -2.15. The van der Waals surface area contributed by atoms with Gasteiger partial charge in [0.25, 0.3) is 5.91 Å². The van der Waals surface area contributed by atoms with Gasteiger partial charge in [0.05, 0.1) is 11.3 Å². The summed E-state index contributed by atoms with van der Waals surface area (Å²) in [6.07, 6.45) is 1.94. The van der Waals surface area contributed by atoms with Crippen LogP contribution in [0.1, 0.15) is 48.2 Å². The highest BCUT2D eigenvalue weighted by molar-refractivity contribution is 6.19. The zero-order valence-corrected chi connectivity index (χ0v) is 17.1. The van der Waals surface area contributed by atoms with Crippen molar-refractivity contribution in [2.45, 2.75) is 39.5 Å². The smallest absolute Gasteiger partial charge is 0.338 e. The molecule has 1 N–H and O–H groups in total. The Morgan fingerprint density at radius 2 is 1.50 bits per heavy atom. The zero-order chi connectivity index (χ0) is 21.7. The van der Waals surface area contributed by atoms with E-state index in [1.807, 2.05) is 32.0 Å². The second-order valence-electron chi connectivity index (χ2n) is 6.95. The maximum Gasteiger partial charge on any atom is 0.338 e. The molecule has 1 aliphatic rings. The van der Waals surface area contributed by atoms with E-state index in [0.29, 0.717) is 5.69 Å². The van der Waals surface area contributed by atoms with Crippen LogP contribution in [0.5, 0.6) is 0 Å². The van der Waals surface area contributed by atoms with E-state index in [4.69, 9.17) is 4.74 Å². The van der Waals surface area contributed by atoms with Crippen molar-refractivity contribution in [1.82, 2.24) is 0 Å². The van der Waals surface area contributed by atoms with Gasteiger partial charge in [-0.1, -0.05) is 32.0 Å². The average Bonchev–Trinajstić information content (AvgIpc) is 3.10. The number of carbonyl (C=O) groups excluding carboxylic acids is 4. The number of anilines is 2. The molecule has 3 amide bonds. The molecule has 30 heavy (non-hydrogen) atoms. The second-order valence-corrected chi connectivity index (χ2v) is 6.95. The number of esters is 1. The van der Waals surface area contributed by atoms with Gasteiger partial charge in [0.1, 0.15) is 0 Å². The third kappa shape index (κ3) is 4.56. The maximum absolute atomic E-state index is 12.3. The monoisotopic (exact) mass is 408 g/mol. The van der Waals surface area contributed by atoms with Crippen molar-refractivity contribution >= 4 is 35.1 Å². The largest absolute Gasteiger partial charge is 0.452 e. The first kappa shape index (κ1) is 21.2. The number of para-hydroxylation sites is 1. The van der Waals surface area contributed by atoms with E-state index in [1.54, 1.807) is 0 Å². The second kappa shape index (κ2) is 9.35. The molecule has 0 saturated carbocycles. The van der Waals surface area contributed by atoms with E-state index < -0.39 is 18.5 Å². The quantitative estimate of drug-likeness (QED) is 0.561. The van der Waals surface area contributed by atoms with Crippen LogP contribution in [0.25, 0.3) is 0 Å². The van der Waals surface area contributed by atoms with E-state index in [9.17, 15) is 19.2 Å². The highest BCUT2D eigenvalue weighted by Gasteiger charge is 2.30. The molecule has 3 rings (SSSR count). The predicted molar refractivity (Wildman–Crippen MR) is 112 cm³/mol. The summed E-state index contributed by atoms with van der Waals surface area (Å²) >= 11 is 0. The topological polar surface area (TPSA) is 92.8 Å². The van der Waals surface area contributed by atoms with Crippen LogP contribution in [0.15, 0.2) is 42.5 Å². The van der Waals surface area contributed by atoms with Gasteiger partial charge < -0.3 is 10.1 Å². The molecule has 7 heteroatoms. The lowest BCUT2D eigenvalue weighted by atomic mass is 10.0. The number of carbonyl (C=O) groups is 4. The van der Waals surface area contributed by atoms with Gasteiger partial charge in [0, 0.05) is 18.5 Å². The number of aryl methyl sites for hydroxylation is 2. The lowest BCUT2D eigenvalue weighted by molar-refractivity contribution is -0.121. The number of imide groups is 1. The standard InChI is InChI=1S/C23H24N2O5/c1-3-15-6-5-7-16(4-2)22(15)24-19(26)14-30-23(29)17-8-10-18(11-9-17)25-20(27)12-13-21(25)28/h5-11H,3-4,12-14H2,1-2H3,(H,24,26). The number of ether oxygens (including phenoxy) is 1. The minimum atomic E-state index is -0.657. The van der Waals surface area contributed by atoms with Crippen LogP contribution in [-0.4, -0.2) is 30.3 Å². The fourth-order valence-electron chi connectivity index (χ4n) is 3.40. The normalized spacial score (nSPS) is 13.5. The number of nitrogens with zero attached hydrogens (tertiary/aromatic N) is 1. The van der Waals surface area contributed by atoms with Crippen LogP contribution in [0.2, 0.25) is 0 Å². The fraction of sp³-hybridized carbons (Fsp3) is 0.304. The molecule has 2 aromatic carbocycles. The summed E-state index contributed by atoms with van der Waals surface area (Å²) in [4.78, 5) is 49.3. The van der Waals surface area contributed by atoms with Gasteiger partial charge in [0.2, 0.25) is 11.8 Å². The van der Waals surface area contributed by atoms with Crippen molar-refractivity contribution in [1.29, 1.82) is 0 Å². The average molecular weight is 408 g/mol. The predicted octanol–water partition coefficient (Wildman–Crippen LogP) is 3.26. The summed E-state index contributed by atoms with van der Waals surface area (Å²) in [5, 5.41) is 2.85. The summed E-state index contributed by atoms with van der Waals surface area (Å²) in [5.74, 6) is -1.59. The van der Waals surface area contributed by atoms with E-state index in [1.165, 1.54) is 24.3 Å². The Balaban J connectivity index is 1.60. The molecular weight excluding hydrogens is 384 g/mol. The molecule has 2 aromatic rings. The molecular formula is C23H24N2O5. The van der Waals surface area contributed by atoms with Gasteiger partial charge in [-0.2, -0.15) is 0 Å². The summed E-state index contributed by atoms with van der Waals surface area (Å²) in [5.41, 5.74) is 3.47. The SMILES string of the molecule is CCc1cccc(CC)c1NC(=O)COC(=O)c1ccc(N2C(=O)CCC2=O)cc1. The van der Waals surface area contributed by atoms with Gasteiger partial charge in [0.15, 0.2) is 6.61 Å². The Morgan fingerprint density at radius 1 is 0.933 bits per heavy atom. The molecule has 0 atom stereocenters. The van der Waals surface area contributed by atoms with Crippen molar-refractivity contribution in [3.63, 3.8) is 0 Å². The molecule has 0 radical (unpaired) electrons. The van der Waals surface area contributed by atoms with Crippen LogP contribution < -0.4 is 10.2 Å². The Bertz CT molecular complexity index is 943. The highest BCUT2D eigenvalue weighted by Crippen LogP contribution is 2.24. The van der Waals surface area contributed by atoms with Gasteiger partial charge in [-0.3, -0.25) is 19.3 Å². The molecule has 0 unspecified atom stereocenters. The maximum atomic E-state index is 12.3. The van der Waals surface area contributed by atoms with E-state index >= 15 is 0 Å². The van der Waals surface area contributed by atoms with Crippen LogP contribution in [0, 0.1) is 0 Å². The molecule has 1 saturated heterocycles. The van der Waals surface area contributed by atoms with Crippen LogP contribution >= 0.6 is 0 Å². The molecule has 0 spiro atoms. The molecule has 1 heterocycles. The van der Waals surface area contributed by atoms with E-state index in [0.717, 1.165) is 34.6 Å². The molecule has 0 aromatic heterocycles. The number of benzene rings is 2. The highest BCUT2D eigenvalue weighted by atomic mass is 16.5. The number of hydrogen-bond acceptors (Lipinski definition) is 5. The molecule has 0 bridgehead atoms. The van der Waals surface area contributed by atoms with Gasteiger partial charge in [-0.15, -0.1) is 0 Å². The van der Waals surface area contributed by atoms with Crippen LogP contribution in [-0.2, 0) is 32.0 Å². The Labute approximate surface area is 175 Å². The number of rotatable bonds is 7. The summed E-state index contributed by atoms with van der Waals surface area (Å²) < 4.78 is 5.12. The Kier molecular flexibility index (Phi) is 6.61. The molecule has 1 fully saturated rings. The van der Waals surface area contributed by atoms with Crippen molar-refractivity contribution in [2.24, 2.45) is 0 Å². The fourth-order valence-corrected chi connectivity index (χ4v) is 3.40. The van der Waals surface area contributed by atoms with Crippen molar-refractivity contribution in [3.8, 4) is 0 Å². The first-order valence-corrected chi connectivity index (χ1v) is 9.98. The zero-order valence-electron chi connectivity index (χ0n) is 17.1. The first-order valence-electron chi connectivity index (χ1n) is 9.98. The van der Waals surface area contributed by atoms with Crippen molar-refractivity contribution in [2.75, 3.05) is 16.8 Å².